The Labute approximate surface area is 198 Å². The lowest BCUT2D eigenvalue weighted by Gasteiger charge is -2.32. The van der Waals surface area contributed by atoms with Gasteiger partial charge in [-0.3, -0.25) is 9.59 Å². The summed E-state index contributed by atoms with van der Waals surface area (Å²) < 4.78 is 17.7. The van der Waals surface area contributed by atoms with Crippen LogP contribution in [0.5, 0.6) is 0 Å². The molecule has 0 spiro atoms. The molecule has 0 aliphatic carbocycles. The quantitative estimate of drug-likeness (QED) is 0.336. The summed E-state index contributed by atoms with van der Waals surface area (Å²) in [7, 11) is -0.692. The molecule has 6 nitrogen and oxygen atoms in total. The molecule has 0 unspecified atom stereocenters. The van der Waals surface area contributed by atoms with Crippen LogP contribution in [0.1, 0.15) is 77.2 Å². The fraction of sp³-hybridized carbons (Fsp3) is 0.462. The summed E-state index contributed by atoms with van der Waals surface area (Å²) in [6.07, 6.45) is 3.38. The Bertz CT molecular complexity index is 941. The zero-order valence-electron chi connectivity index (χ0n) is 21.1. The van der Waals surface area contributed by atoms with Crippen molar-refractivity contribution in [2.24, 2.45) is 0 Å². The third-order valence-corrected chi connectivity index (χ3v) is 6.20. The van der Waals surface area contributed by atoms with Gasteiger partial charge in [-0.1, -0.05) is 38.6 Å². The second kappa shape index (κ2) is 10.5. The van der Waals surface area contributed by atoms with Gasteiger partial charge in [0.2, 0.25) is 0 Å². The van der Waals surface area contributed by atoms with E-state index < -0.39 is 24.3 Å². The van der Waals surface area contributed by atoms with Crippen molar-refractivity contribution in [1.29, 1.82) is 0 Å². The zero-order chi connectivity index (χ0) is 25.0. The van der Waals surface area contributed by atoms with E-state index in [0.717, 1.165) is 5.56 Å². The van der Waals surface area contributed by atoms with Crippen molar-refractivity contribution < 1.29 is 23.6 Å². The minimum Gasteiger partial charge on any atom is -0.461 e. The third kappa shape index (κ3) is 6.24. The lowest BCUT2D eigenvalue weighted by Crippen LogP contribution is -2.41. The minimum absolute atomic E-state index is 0.0625. The van der Waals surface area contributed by atoms with E-state index in [0.29, 0.717) is 28.2 Å². The fourth-order valence-electron chi connectivity index (χ4n) is 3.38. The lowest BCUT2D eigenvalue weighted by atomic mass is 9.73. The van der Waals surface area contributed by atoms with Crippen LogP contribution in [0.25, 0.3) is 0 Å². The molecule has 1 fully saturated rings. The largest absolute Gasteiger partial charge is 0.494 e. The van der Waals surface area contributed by atoms with Gasteiger partial charge in [-0.25, -0.2) is 0 Å². The number of nitrogens with one attached hydrogen (secondary N) is 1. The first-order valence-electron chi connectivity index (χ1n) is 11.3. The summed E-state index contributed by atoms with van der Waals surface area (Å²) in [6.45, 7) is 19.1. The highest BCUT2D eigenvalue weighted by molar-refractivity contribution is 6.56. The molecule has 1 aromatic rings. The Kier molecular flexibility index (Phi) is 8.49. The summed E-state index contributed by atoms with van der Waals surface area (Å²) in [4.78, 5) is 24.6. The Balaban J connectivity index is 2.42. The molecule has 1 heterocycles. The third-order valence-electron chi connectivity index (χ3n) is 6.20. The second-order valence-corrected chi connectivity index (χ2v) is 9.44. The lowest BCUT2D eigenvalue weighted by molar-refractivity contribution is -0.139. The highest BCUT2D eigenvalue weighted by Gasteiger charge is 2.52. The van der Waals surface area contributed by atoms with Gasteiger partial charge in [0.25, 0.3) is 5.91 Å². The van der Waals surface area contributed by atoms with Crippen molar-refractivity contribution in [3.63, 3.8) is 0 Å². The van der Waals surface area contributed by atoms with Crippen molar-refractivity contribution >= 4 is 19.0 Å². The number of carbonyl (C=O) groups excluding carboxylic acids is 2. The molecule has 2 rings (SSSR count). The van der Waals surface area contributed by atoms with Gasteiger partial charge in [-0.15, -0.1) is 0 Å². The van der Waals surface area contributed by atoms with Crippen LogP contribution in [-0.2, 0) is 18.8 Å². The molecule has 1 aliphatic heterocycles. The molecule has 1 saturated heterocycles. The number of esters is 1. The molecule has 1 amide bonds. The van der Waals surface area contributed by atoms with Crippen LogP contribution in [0.4, 0.5) is 0 Å². The molecule has 0 saturated carbocycles. The molecular formula is C26H36BNO5. The van der Waals surface area contributed by atoms with E-state index in [1.54, 1.807) is 12.1 Å². The van der Waals surface area contributed by atoms with Gasteiger partial charge < -0.3 is 19.4 Å². The monoisotopic (exact) mass is 453 g/mol. The van der Waals surface area contributed by atoms with E-state index >= 15 is 0 Å². The summed E-state index contributed by atoms with van der Waals surface area (Å²) in [5.41, 5.74) is 2.23. The van der Waals surface area contributed by atoms with Crippen molar-refractivity contribution in [1.82, 2.24) is 5.32 Å². The maximum absolute atomic E-state index is 13.0. The Hall–Kier alpha value is -2.64. The normalized spacial score (nSPS) is 18.1. The molecule has 1 aliphatic rings. The van der Waals surface area contributed by atoms with Crippen LogP contribution in [0.15, 0.2) is 59.7 Å². The van der Waals surface area contributed by atoms with Crippen LogP contribution in [0, 0.1) is 0 Å². The number of amides is 1. The first-order valence-corrected chi connectivity index (χ1v) is 11.3. The smallest absolute Gasteiger partial charge is 0.461 e. The van der Waals surface area contributed by atoms with Crippen LogP contribution in [0.3, 0.4) is 0 Å². The van der Waals surface area contributed by atoms with Gasteiger partial charge in [-0.05, 0) is 69.8 Å². The number of benzene rings is 1. The van der Waals surface area contributed by atoms with Gasteiger partial charge in [0.1, 0.15) is 6.61 Å². The molecule has 0 atom stereocenters. The topological polar surface area (TPSA) is 73.9 Å². The van der Waals surface area contributed by atoms with Crippen LogP contribution in [-0.4, -0.2) is 36.8 Å². The zero-order valence-corrected chi connectivity index (χ0v) is 21.1. The number of ether oxygens (including phenoxy) is 1. The van der Waals surface area contributed by atoms with Crippen molar-refractivity contribution in [3.05, 3.63) is 70.9 Å². The Morgan fingerprint density at radius 1 is 1.12 bits per heavy atom. The minimum atomic E-state index is -0.692. The molecule has 0 bridgehead atoms. The number of carbonyl (C=O) groups is 2. The summed E-state index contributed by atoms with van der Waals surface area (Å²) in [5, 5.41) is 2.91. The predicted molar refractivity (Wildman–Crippen MR) is 132 cm³/mol. The fourth-order valence-corrected chi connectivity index (χ4v) is 3.38. The van der Waals surface area contributed by atoms with Crippen molar-refractivity contribution in [3.8, 4) is 0 Å². The molecule has 0 aromatic heterocycles. The van der Waals surface area contributed by atoms with Crippen LogP contribution >= 0.6 is 0 Å². The maximum atomic E-state index is 13.0. The average Bonchev–Trinajstić information content (AvgIpc) is 2.95. The van der Waals surface area contributed by atoms with Gasteiger partial charge in [0.05, 0.1) is 11.2 Å². The highest BCUT2D eigenvalue weighted by Crippen LogP contribution is 2.40. The standard InChI is InChI=1S/C26H36BNO5/c1-10-22(27-32-25(6,7)26(8,9)33-27)21(16-31-18(5)29)23(11-2)28-24(30)20-14-12-19(13-15-20)17(3)4/h10-15,17H,2,16H2,1,3-9H3,(H,28,30)/b22-10+,23-21+. The Morgan fingerprint density at radius 3 is 2.09 bits per heavy atom. The molecule has 1 N–H and O–H groups in total. The highest BCUT2D eigenvalue weighted by atomic mass is 16.7. The van der Waals surface area contributed by atoms with Crippen molar-refractivity contribution in [2.45, 2.75) is 72.5 Å². The van der Waals surface area contributed by atoms with Crippen molar-refractivity contribution in [2.75, 3.05) is 6.61 Å². The summed E-state index contributed by atoms with van der Waals surface area (Å²) in [5.74, 6) is -0.348. The van der Waals surface area contributed by atoms with Gasteiger partial charge in [0, 0.05) is 23.8 Å². The first-order chi connectivity index (χ1) is 15.3. The van der Waals surface area contributed by atoms with Gasteiger partial charge in [0.15, 0.2) is 0 Å². The van der Waals surface area contributed by atoms with E-state index in [1.807, 2.05) is 52.8 Å². The summed E-state index contributed by atoms with van der Waals surface area (Å²) in [6, 6.07) is 7.47. The molecule has 0 radical (unpaired) electrons. The molecule has 7 heteroatoms. The van der Waals surface area contributed by atoms with Gasteiger partial charge >= 0.3 is 13.1 Å². The molecular weight excluding hydrogens is 417 g/mol. The van der Waals surface area contributed by atoms with E-state index in [2.05, 4.69) is 25.7 Å². The van der Waals surface area contributed by atoms with E-state index in [9.17, 15) is 9.59 Å². The second-order valence-electron chi connectivity index (χ2n) is 9.44. The SMILES string of the molecule is C=C/C(NC(=O)c1ccc(C(C)C)cc1)=C(COC(C)=O)\C(=C/C)B1OC(C)(C)C(C)(C)O1. The van der Waals surface area contributed by atoms with E-state index in [4.69, 9.17) is 14.0 Å². The molecule has 178 valence electrons. The number of hydrogen-bond acceptors (Lipinski definition) is 5. The van der Waals surface area contributed by atoms with E-state index in [1.165, 1.54) is 13.0 Å². The average molecular weight is 453 g/mol. The van der Waals surface area contributed by atoms with Gasteiger partial charge in [-0.2, -0.15) is 0 Å². The molecule has 1 aromatic carbocycles. The van der Waals surface area contributed by atoms with Crippen LogP contribution < -0.4 is 5.32 Å². The number of hydrogen-bond donors (Lipinski definition) is 1. The number of allylic oxidation sites excluding steroid dienone is 2. The van der Waals surface area contributed by atoms with Crippen LogP contribution in [0.2, 0.25) is 0 Å². The Morgan fingerprint density at radius 2 is 1.67 bits per heavy atom. The summed E-state index contributed by atoms with van der Waals surface area (Å²) >= 11 is 0. The molecule has 33 heavy (non-hydrogen) atoms. The first kappa shape index (κ1) is 26.6. The maximum Gasteiger partial charge on any atom is 0.494 e. The van der Waals surface area contributed by atoms with E-state index in [-0.39, 0.29) is 12.5 Å². The predicted octanol–water partition coefficient (Wildman–Crippen LogP) is 5.12. The number of rotatable bonds is 8.